The van der Waals surface area contributed by atoms with Gasteiger partial charge in [-0.3, -0.25) is 5.32 Å². The Morgan fingerprint density at radius 3 is 2.81 bits per heavy atom. The number of aromatic nitrogens is 2. The van der Waals surface area contributed by atoms with Gasteiger partial charge in [0.1, 0.15) is 5.82 Å². The summed E-state index contributed by atoms with van der Waals surface area (Å²) in [7, 11) is 0. The van der Waals surface area contributed by atoms with Crippen LogP contribution in [0.3, 0.4) is 0 Å². The molecule has 8 heteroatoms. The Balaban J connectivity index is 2.14. The lowest BCUT2D eigenvalue weighted by Gasteiger charge is -2.11. The molecule has 2 N–H and O–H groups in total. The maximum absolute atomic E-state index is 12.0. The average Bonchev–Trinajstić information content (AvgIpc) is 2.49. The smallest absolute Gasteiger partial charge is 0.306 e. The van der Waals surface area contributed by atoms with Gasteiger partial charge in [0.05, 0.1) is 10.7 Å². The molecule has 2 aromatic rings. The molecule has 1 aromatic carbocycles. The Hall–Kier alpha value is -1.31. The lowest BCUT2D eigenvalue weighted by atomic mass is 10.3. The summed E-state index contributed by atoms with van der Waals surface area (Å²) in [5, 5.41) is 7.00. The minimum Gasteiger partial charge on any atom is -0.306 e. The number of alkyl halides is 1. The molecule has 0 bridgehead atoms. The Kier molecular flexibility index (Phi) is 5.84. The van der Waals surface area contributed by atoms with E-state index in [0.717, 1.165) is 5.56 Å². The summed E-state index contributed by atoms with van der Waals surface area (Å²) in [4.78, 5) is 20.5. The van der Waals surface area contributed by atoms with Gasteiger partial charge in [0, 0.05) is 17.1 Å². The number of benzene rings is 1. The van der Waals surface area contributed by atoms with Gasteiger partial charge in [-0.25, -0.2) is 14.8 Å². The van der Waals surface area contributed by atoms with E-state index in [0.29, 0.717) is 27.0 Å². The highest BCUT2D eigenvalue weighted by Gasteiger charge is 2.11. The molecular formula is C13H12BrClN4OS. The first-order chi connectivity index (χ1) is 10.1. The quantitative estimate of drug-likeness (QED) is 0.464. The molecule has 0 radical (unpaired) electrons. The number of hydrogen-bond donors (Lipinski definition) is 2. The van der Waals surface area contributed by atoms with Gasteiger partial charge in [-0.2, -0.15) is 0 Å². The first-order valence-electron chi connectivity index (χ1n) is 5.92. The highest BCUT2D eigenvalue weighted by Crippen LogP contribution is 2.22. The Morgan fingerprint density at radius 2 is 2.14 bits per heavy atom. The number of anilines is 2. The number of carbonyl (C=O) groups excluding carboxylic acids is 1. The monoisotopic (exact) mass is 386 g/mol. The van der Waals surface area contributed by atoms with Crippen molar-refractivity contribution in [1.82, 2.24) is 9.97 Å². The molecular weight excluding hydrogens is 376 g/mol. The summed E-state index contributed by atoms with van der Waals surface area (Å²) < 4.78 is 0. The van der Waals surface area contributed by atoms with Crippen LogP contribution < -0.4 is 10.6 Å². The number of amides is 2. The molecule has 1 aromatic heterocycles. The van der Waals surface area contributed by atoms with Crippen LogP contribution in [0.25, 0.3) is 0 Å². The fourth-order valence-corrected chi connectivity index (χ4v) is 2.45. The van der Waals surface area contributed by atoms with Crippen molar-refractivity contribution < 1.29 is 4.79 Å². The van der Waals surface area contributed by atoms with Gasteiger partial charge in [-0.05, 0) is 18.4 Å². The topological polar surface area (TPSA) is 66.9 Å². The summed E-state index contributed by atoms with van der Waals surface area (Å²) in [5.41, 5.74) is 1.33. The fourth-order valence-electron chi connectivity index (χ4n) is 1.52. The minimum atomic E-state index is -0.406. The third-order valence-corrected chi connectivity index (χ3v) is 4.02. The van der Waals surface area contributed by atoms with Crippen LogP contribution in [0.2, 0.25) is 5.02 Å². The van der Waals surface area contributed by atoms with Crippen LogP contribution in [0, 0.1) is 0 Å². The molecule has 0 saturated heterocycles. The number of nitrogens with one attached hydrogen (secondary N) is 2. The van der Waals surface area contributed by atoms with Crippen LogP contribution >= 0.6 is 39.3 Å². The second-order valence-electron chi connectivity index (χ2n) is 3.92. The number of carbonyl (C=O) groups is 1. The van der Waals surface area contributed by atoms with Crippen molar-refractivity contribution in [1.29, 1.82) is 0 Å². The van der Waals surface area contributed by atoms with E-state index >= 15 is 0 Å². The Morgan fingerprint density at radius 1 is 1.38 bits per heavy atom. The zero-order valence-corrected chi connectivity index (χ0v) is 14.2. The van der Waals surface area contributed by atoms with Gasteiger partial charge < -0.3 is 5.32 Å². The lowest BCUT2D eigenvalue weighted by molar-refractivity contribution is 0.262. The second kappa shape index (κ2) is 7.63. The van der Waals surface area contributed by atoms with Crippen LogP contribution in [0.15, 0.2) is 35.6 Å². The van der Waals surface area contributed by atoms with Gasteiger partial charge >= 0.3 is 6.03 Å². The van der Waals surface area contributed by atoms with Crippen molar-refractivity contribution in [3.05, 3.63) is 41.0 Å². The Bertz CT molecular complexity index is 656. The number of rotatable bonds is 4. The van der Waals surface area contributed by atoms with E-state index in [2.05, 4.69) is 36.5 Å². The van der Waals surface area contributed by atoms with E-state index < -0.39 is 6.03 Å². The van der Waals surface area contributed by atoms with Crippen molar-refractivity contribution in [2.75, 3.05) is 16.9 Å². The maximum Gasteiger partial charge on any atom is 0.324 e. The van der Waals surface area contributed by atoms with Crippen molar-refractivity contribution in [3.8, 4) is 0 Å². The van der Waals surface area contributed by atoms with Crippen LogP contribution in [0.1, 0.15) is 5.56 Å². The number of urea groups is 1. The lowest BCUT2D eigenvalue weighted by Crippen LogP contribution is -2.21. The largest absolute Gasteiger partial charge is 0.324 e. The van der Waals surface area contributed by atoms with Gasteiger partial charge in [0.2, 0.25) is 0 Å². The first-order valence-corrected chi connectivity index (χ1v) is 8.65. The average molecular weight is 388 g/mol. The van der Waals surface area contributed by atoms with Gasteiger partial charge in [0.25, 0.3) is 0 Å². The standard InChI is InChI=1S/C13H12BrClN4OS/c1-21-13-16-7-8(6-14)11(19-13)18-12(20)17-10-5-3-2-4-9(10)15/h2-5,7H,6H2,1H3,(H2,16,17,18,19,20). The predicted octanol–water partition coefficient (Wildman–Crippen LogP) is 4.39. The van der Waals surface area contributed by atoms with Crippen LogP contribution in [-0.4, -0.2) is 22.3 Å². The highest BCUT2D eigenvalue weighted by molar-refractivity contribution is 9.08. The molecule has 2 amide bonds. The van der Waals surface area contributed by atoms with E-state index in [9.17, 15) is 4.79 Å². The van der Waals surface area contributed by atoms with Crippen molar-refractivity contribution in [2.24, 2.45) is 0 Å². The zero-order chi connectivity index (χ0) is 15.2. The number of thioether (sulfide) groups is 1. The second-order valence-corrected chi connectivity index (χ2v) is 5.66. The van der Waals surface area contributed by atoms with Crippen molar-refractivity contribution in [2.45, 2.75) is 10.5 Å². The molecule has 5 nitrogen and oxygen atoms in total. The zero-order valence-electron chi connectivity index (χ0n) is 11.1. The minimum absolute atomic E-state index is 0.406. The van der Waals surface area contributed by atoms with Crippen molar-refractivity contribution in [3.63, 3.8) is 0 Å². The first kappa shape index (κ1) is 16.1. The van der Waals surface area contributed by atoms with Crippen LogP contribution in [0.4, 0.5) is 16.3 Å². The van der Waals surface area contributed by atoms with Gasteiger partial charge in [0.15, 0.2) is 5.16 Å². The molecule has 0 saturated carbocycles. The number of nitrogens with zero attached hydrogens (tertiary/aromatic N) is 2. The van der Waals surface area contributed by atoms with E-state index in [1.54, 1.807) is 30.5 Å². The van der Waals surface area contributed by atoms with E-state index in [-0.39, 0.29) is 0 Å². The molecule has 21 heavy (non-hydrogen) atoms. The highest BCUT2D eigenvalue weighted by atomic mass is 79.9. The summed E-state index contributed by atoms with van der Waals surface area (Å²) in [6.07, 6.45) is 3.55. The SMILES string of the molecule is CSc1ncc(CBr)c(NC(=O)Nc2ccccc2Cl)n1. The third kappa shape index (κ3) is 4.33. The maximum atomic E-state index is 12.0. The van der Waals surface area contributed by atoms with Gasteiger partial charge in [-0.1, -0.05) is 51.4 Å². The summed E-state index contributed by atoms with van der Waals surface area (Å²) in [6, 6.07) is 6.61. The fraction of sp³-hybridized carbons (Fsp3) is 0.154. The number of hydrogen-bond acceptors (Lipinski definition) is 4. The molecule has 0 spiro atoms. The normalized spacial score (nSPS) is 10.2. The summed E-state index contributed by atoms with van der Waals surface area (Å²) in [6.45, 7) is 0. The molecule has 1 heterocycles. The number of para-hydroxylation sites is 1. The Labute approximate surface area is 140 Å². The van der Waals surface area contributed by atoms with Crippen LogP contribution in [-0.2, 0) is 5.33 Å². The van der Waals surface area contributed by atoms with Gasteiger partial charge in [-0.15, -0.1) is 0 Å². The third-order valence-electron chi connectivity index (χ3n) is 2.52. The molecule has 0 unspecified atom stereocenters. The molecule has 110 valence electrons. The summed E-state index contributed by atoms with van der Waals surface area (Å²) >= 11 is 10.7. The molecule has 0 aliphatic carbocycles. The van der Waals surface area contributed by atoms with Crippen LogP contribution in [0.5, 0.6) is 0 Å². The van der Waals surface area contributed by atoms with E-state index in [4.69, 9.17) is 11.6 Å². The predicted molar refractivity (Wildman–Crippen MR) is 90.5 cm³/mol. The number of halogens is 2. The molecule has 0 atom stereocenters. The summed E-state index contributed by atoms with van der Waals surface area (Å²) in [5.74, 6) is 0.468. The molecule has 0 aliphatic rings. The van der Waals surface area contributed by atoms with Crippen molar-refractivity contribution >= 4 is 56.8 Å². The molecule has 0 fully saturated rings. The molecule has 0 aliphatic heterocycles. The van der Waals surface area contributed by atoms with E-state index in [1.165, 1.54) is 11.8 Å². The van der Waals surface area contributed by atoms with E-state index in [1.807, 2.05) is 6.26 Å². The molecule has 2 rings (SSSR count).